The van der Waals surface area contributed by atoms with Crippen molar-refractivity contribution < 1.29 is 22.7 Å². The first-order valence-corrected chi connectivity index (χ1v) is 12.5. The van der Waals surface area contributed by atoms with E-state index in [2.05, 4.69) is 5.32 Å². The van der Waals surface area contributed by atoms with Crippen molar-refractivity contribution in [3.63, 3.8) is 0 Å². The maximum atomic E-state index is 13.2. The van der Waals surface area contributed by atoms with Crippen molar-refractivity contribution in [2.75, 3.05) is 24.1 Å². The van der Waals surface area contributed by atoms with Crippen molar-refractivity contribution in [3.05, 3.63) is 60.2 Å². The first kappa shape index (κ1) is 21.6. The number of carbonyl (C=O) groups is 1. The molecule has 8 heteroatoms. The molecule has 5 rings (SSSR count). The van der Waals surface area contributed by atoms with E-state index in [1.54, 1.807) is 18.2 Å². The summed E-state index contributed by atoms with van der Waals surface area (Å²) in [5.41, 5.74) is 1.42. The average Bonchev–Trinajstić information content (AvgIpc) is 2.94. The molecular weight excluding hydrogens is 440 g/mol. The summed E-state index contributed by atoms with van der Waals surface area (Å²) in [6.07, 6.45) is 0.813. The molecule has 3 aromatic carbocycles. The van der Waals surface area contributed by atoms with Crippen LogP contribution in [0.15, 0.2) is 59.5 Å². The van der Waals surface area contributed by atoms with E-state index in [1.807, 2.05) is 50.2 Å². The fourth-order valence-corrected chi connectivity index (χ4v) is 6.15. The van der Waals surface area contributed by atoms with Crippen molar-refractivity contribution in [2.24, 2.45) is 5.92 Å². The first-order valence-electron chi connectivity index (χ1n) is 11.1. The summed E-state index contributed by atoms with van der Waals surface area (Å²) in [5.74, 6) is 1.07. The second kappa shape index (κ2) is 8.26. The summed E-state index contributed by atoms with van der Waals surface area (Å²) >= 11 is 0. The van der Waals surface area contributed by atoms with Crippen molar-refractivity contribution in [3.8, 4) is 11.5 Å². The molecule has 172 valence electrons. The van der Waals surface area contributed by atoms with Gasteiger partial charge in [0.05, 0.1) is 29.8 Å². The Kier molecular flexibility index (Phi) is 5.40. The molecule has 2 aliphatic rings. The van der Waals surface area contributed by atoms with Crippen molar-refractivity contribution >= 4 is 32.4 Å². The van der Waals surface area contributed by atoms with Gasteiger partial charge in [-0.15, -0.1) is 0 Å². The molecule has 3 aromatic rings. The number of sulfonamides is 1. The van der Waals surface area contributed by atoms with E-state index in [9.17, 15) is 13.2 Å². The predicted molar refractivity (Wildman–Crippen MR) is 126 cm³/mol. The standard InChI is InChI=1S/C25H26N2O5S/c1-16(2)25(18-10-11-20-21(14-18)32-13-5-12-31-20)26-23(28)15-27-19-8-3-6-17-7-4-9-22(24(17)19)33(27,29)30/h3-4,6-11,14,16,25H,5,12-13,15H2,1-2H3,(H,26,28)/t25-/m1/s1. The van der Waals surface area contributed by atoms with Crippen LogP contribution in [0.25, 0.3) is 10.8 Å². The number of fused-ring (bicyclic) bond motifs is 1. The normalized spacial score (nSPS) is 17.1. The largest absolute Gasteiger partial charge is 0.490 e. The number of nitrogens with one attached hydrogen (secondary N) is 1. The van der Waals surface area contributed by atoms with Gasteiger partial charge in [0.15, 0.2) is 11.5 Å². The molecule has 0 spiro atoms. The van der Waals surface area contributed by atoms with Gasteiger partial charge in [-0.25, -0.2) is 8.42 Å². The summed E-state index contributed by atoms with van der Waals surface area (Å²) in [5, 5.41) is 4.54. The van der Waals surface area contributed by atoms with E-state index in [4.69, 9.17) is 9.47 Å². The second-order valence-electron chi connectivity index (χ2n) is 8.69. The molecule has 0 aromatic heterocycles. The fourth-order valence-electron chi connectivity index (χ4n) is 4.49. The highest BCUT2D eigenvalue weighted by atomic mass is 32.2. The maximum absolute atomic E-state index is 13.2. The van der Waals surface area contributed by atoms with Gasteiger partial charge in [0.25, 0.3) is 10.0 Å². The zero-order chi connectivity index (χ0) is 23.2. The topological polar surface area (TPSA) is 84.9 Å². The van der Waals surface area contributed by atoms with Gasteiger partial charge >= 0.3 is 0 Å². The van der Waals surface area contributed by atoms with Gasteiger partial charge in [-0.3, -0.25) is 9.10 Å². The van der Waals surface area contributed by atoms with E-state index in [0.29, 0.717) is 35.8 Å². The maximum Gasteiger partial charge on any atom is 0.265 e. The van der Waals surface area contributed by atoms with Crippen LogP contribution >= 0.6 is 0 Å². The number of amides is 1. The fraction of sp³-hybridized carbons (Fsp3) is 0.320. The Balaban J connectivity index is 1.40. The lowest BCUT2D eigenvalue weighted by atomic mass is 9.95. The van der Waals surface area contributed by atoms with Gasteiger partial charge in [-0.1, -0.05) is 44.2 Å². The van der Waals surface area contributed by atoms with Crippen LogP contribution in [0.5, 0.6) is 11.5 Å². The summed E-state index contributed by atoms with van der Waals surface area (Å²) in [7, 11) is -3.79. The van der Waals surface area contributed by atoms with Crippen LogP contribution in [0.2, 0.25) is 0 Å². The molecule has 7 nitrogen and oxygen atoms in total. The van der Waals surface area contributed by atoms with Crippen LogP contribution in [0.1, 0.15) is 31.9 Å². The van der Waals surface area contributed by atoms with E-state index >= 15 is 0 Å². The zero-order valence-electron chi connectivity index (χ0n) is 18.6. The predicted octanol–water partition coefficient (Wildman–Crippen LogP) is 4.02. The third kappa shape index (κ3) is 3.78. The summed E-state index contributed by atoms with van der Waals surface area (Å²) in [6.45, 7) is 4.92. The van der Waals surface area contributed by atoms with Gasteiger partial charge in [-0.2, -0.15) is 0 Å². The van der Waals surface area contributed by atoms with Gasteiger partial charge in [0, 0.05) is 11.8 Å². The smallest absolute Gasteiger partial charge is 0.265 e. The highest BCUT2D eigenvalue weighted by Crippen LogP contribution is 2.42. The van der Waals surface area contributed by atoms with Gasteiger partial charge < -0.3 is 14.8 Å². The first-order chi connectivity index (χ1) is 15.9. The Labute approximate surface area is 193 Å². The van der Waals surface area contributed by atoms with Crippen molar-refractivity contribution in [1.82, 2.24) is 5.32 Å². The Bertz CT molecular complexity index is 1330. The van der Waals surface area contributed by atoms with Gasteiger partial charge in [0.2, 0.25) is 5.91 Å². The minimum absolute atomic E-state index is 0.0783. The minimum atomic E-state index is -3.79. The van der Waals surface area contributed by atoms with E-state index in [1.165, 1.54) is 4.31 Å². The third-order valence-electron chi connectivity index (χ3n) is 6.08. The Morgan fingerprint density at radius 3 is 2.52 bits per heavy atom. The van der Waals surface area contributed by atoms with Crippen molar-refractivity contribution in [2.45, 2.75) is 31.2 Å². The molecule has 33 heavy (non-hydrogen) atoms. The molecule has 1 N–H and O–H groups in total. The number of hydrogen-bond donors (Lipinski definition) is 1. The molecule has 0 radical (unpaired) electrons. The summed E-state index contributed by atoms with van der Waals surface area (Å²) < 4.78 is 39.1. The summed E-state index contributed by atoms with van der Waals surface area (Å²) in [4.78, 5) is 13.4. The average molecular weight is 467 g/mol. The molecule has 1 amide bonds. The lowest BCUT2D eigenvalue weighted by Crippen LogP contribution is -2.41. The van der Waals surface area contributed by atoms with Crippen LogP contribution in [0.4, 0.5) is 5.69 Å². The lowest BCUT2D eigenvalue weighted by molar-refractivity contribution is -0.120. The minimum Gasteiger partial charge on any atom is -0.490 e. The molecule has 2 aliphatic heterocycles. The number of benzene rings is 3. The Morgan fingerprint density at radius 1 is 1.03 bits per heavy atom. The molecule has 0 unspecified atom stereocenters. The quantitative estimate of drug-likeness (QED) is 0.614. The summed E-state index contributed by atoms with van der Waals surface area (Å²) in [6, 6.07) is 16.0. The second-order valence-corrected chi connectivity index (χ2v) is 10.5. The number of rotatable bonds is 5. The molecule has 1 atom stereocenters. The van der Waals surface area contributed by atoms with Crippen LogP contribution in [0, 0.1) is 5.92 Å². The lowest BCUT2D eigenvalue weighted by Gasteiger charge is -2.25. The third-order valence-corrected chi connectivity index (χ3v) is 7.88. The monoisotopic (exact) mass is 466 g/mol. The van der Waals surface area contributed by atoms with Crippen LogP contribution in [-0.2, 0) is 14.8 Å². The van der Waals surface area contributed by atoms with Crippen LogP contribution in [0.3, 0.4) is 0 Å². The molecule has 0 saturated heterocycles. The van der Waals surface area contributed by atoms with Gasteiger partial charge in [-0.05, 0) is 41.1 Å². The van der Waals surface area contributed by atoms with Crippen LogP contribution in [-0.4, -0.2) is 34.1 Å². The highest BCUT2D eigenvalue weighted by Gasteiger charge is 2.37. The van der Waals surface area contributed by atoms with E-state index < -0.39 is 10.0 Å². The van der Waals surface area contributed by atoms with Crippen LogP contribution < -0.4 is 19.1 Å². The number of anilines is 1. The van der Waals surface area contributed by atoms with E-state index in [0.717, 1.165) is 17.4 Å². The molecule has 2 heterocycles. The number of nitrogens with zero attached hydrogens (tertiary/aromatic N) is 1. The SMILES string of the molecule is CC(C)[C@@H](NC(=O)CN1c2cccc3cccc(c23)S1(=O)=O)c1ccc2c(c1)OCCCO2. The highest BCUT2D eigenvalue weighted by molar-refractivity contribution is 7.93. The van der Waals surface area contributed by atoms with E-state index in [-0.39, 0.29) is 29.3 Å². The Hall–Kier alpha value is -3.26. The number of ether oxygens (including phenoxy) is 2. The molecule has 0 bridgehead atoms. The molecule has 0 fully saturated rings. The Morgan fingerprint density at radius 2 is 1.76 bits per heavy atom. The molecule has 0 saturated carbocycles. The zero-order valence-corrected chi connectivity index (χ0v) is 19.4. The number of carbonyl (C=O) groups excluding carboxylic acids is 1. The molecule has 0 aliphatic carbocycles. The number of hydrogen-bond acceptors (Lipinski definition) is 5. The van der Waals surface area contributed by atoms with Gasteiger partial charge in [0.1, 0.15) is 6.54 Å². The van der Waals surface area contributed by atoms with Crippen molar-refractivity contribution in [1.29, 1.82) is 0 Å². The molecular formula is C25H26N2O5S.